The van der Waals surface area contributed by atoms with Gasteiger partial charge in [0.1, 0.15) is 5.75 Å². The molecular formula is C18H18N2O3. The molecule has 1 aromatic heterocycles. The van der Waals surface area contributed by atoms with Gasteiger partial charge in [-0.05, 0) is 30.3 Å². The Morgan fingerprint density at radius 2 is 1.52 bits per heavy atom. The summed E-state index contributed by atoms with van der Waals surface area (Å²) in [6.45, 7) is 0. The van der Waals surface area contributed by atoms with Gasteiger partial charge in [0, 0.05) is 11.6 Å². The lowest BCUT2D eigenvalue weighted by Gasteiger charge is -2.13. The van der Waals surface area contributed by atoms with E-state index >= 15 is 0 Å². The lowest BCUT2D eigenvalue weighted by Crippen LogP contribution is -2.01. The summed E-state index contributed by atoms with van der Waals surface area (Å²) in [5, 5.41) is 4.43. The van der Waals surface area contributed by atoms with Crippen LogP contribution in [0, 0.1) is 0 Å². The van der Waals surface area contributed by atoms with E-state index in [2.05, 4.69) is 5.10 Å². The number of hydrogen-bond acceptors (Lipinski definition) is 4. The van der Waals surface area contributed by atoms with Crippen LogP contribution in [0.1, 0.15) is 0 Å². The SMILES string of the molecule is COc1ccc(-n2nccc2-c2ccccc2OC)cc1OC. The van der Waals surface area contributed by atoms with Crippen molar-refractivity contribution in [3.8, 4) is 34.2 Å². The highest BCUT2D eigenvalue weighted by Gasteiger charge is 2.13. The predicted molar refractivity (Wildman–Crippen MR) is 88.7 cm³/mol. The molecule has 0 saturated carbocycles. The molecule has 23 heavy (non-hydrogen) atoms. The third-order valence-electron chi connectivity index (χ3n) is 3.64. The van der Waals surface area contributed by atoms with Gasteiger partial charge in [-0.25, -0.2) is 4.68 Å². The van der Waals surface area contributed by atoms with Gasteiger partial charge >= 0.3 is 0 Å². The minimum atomic E-state index is 0.659. The van der Waals surface area contributed by atoms with Crippen molar-refractivity contribution in [3.05, 3.63) is 54.7 Å². The molecule has 0 atom stereocenters. The lowest BCUT2D eigenvalue weighted by molar-refractivity contribution is 0.355. The molecule has 3 aromatic rings. The van der Waals surface area contributed by atoms with Crippen LogP contribution in [0.15, 0.2) is 54.7 Å². The van der Waals surface area contributed by atoms with E-state index in [0.717, 1.165) is 22.7 Å². The average molecular weight is 310 g/mol. The molecule has 0 unspecified atom stereocenters. The highest BCUT2D eigenvalue weighted by molar-refractivity contribution is 5.69. The van der Waals surface area contributed by atoms with Crippen molar-refractivity contribution in [2.45, 2.75) is 0 Å². The first-order valence-corrected chi connectivity index (χ1v) is 7.18. The Hall–Kier alpha value is -2.95. The van der Waals surface area contributed by atoms with Crippen LogP contribution in [0.2, 0.25) is 0 Å². The smallest absolute Gasteiger partial charge is 0.162 e. The minimum Gasteiger partial charge on any atom is -0.496 e. The summed E-state index contributed by atoms with van der Waals surface area (Å²) in [5.74, 6) is 2.14. The van der Waals surface area contributed by atoms with Crippen LogP contribution in [0.4, 0.5) is 0 Å². The van der Waals surface area contributed by atoms with Crippen molar-refractivity contribution in [1.82, 2.24) is 9.78 Å². The summed E-state index contributed by atoms with van der Waals surface area (Å²) in [6, 6.07) is 15.5. The van der Waals surface area contributed by atoms with Crippen LogP contribution in [-0.2, 0) is 0 Å². The van der Waals surface area contributed by atoms with Gasteiger partial charge in [-0.1, -0.05) is 12.1 Å². The molecule has 5 nitrogen and oxygen atoms in total. The predicted octanol–water partition coefficient (Wildman–Crippen LogP) is 3.57. The quantitative estimate of drug-likeness (QED) is 0.723. The zero-order valence-electron chi connectivity index (χ0n) is 13.3. The fraction of sp³-hybridized carbons (Fsp3) is 0.167. The minimum absolute atomic E-state index is 0.659. The molecule has 0 aliphatic heterocycles. The van der Waals surface area contributed by atoms with Gasteiger partial charge in [-0.15, -0.1) is 0 Å². The zero-order valence-corrected chi connectivity index (χ0v) is 13.3. The molecule has 0 aliphatic rings. The monoisotopic (exact) mass is 310 g/mol. The maximum Gasteiger partial charge on any atom is 0.162 e. The lowest BCUT2D eigenvalue weighted by atomic mass is 10.1. The highest BCUT2D eigenvalue weighted by Crippen LogP contribution is 2.33. The van der Waals surface area contributed by atoms with Crippen LogP contribution >= 0.6 is 0 Å². The van der Waals surface area contributed by atoms with E-state index in [4.69, 9.17) is 14.2 Å². The zero-order chi connectivity index (χ0) is 16.2. The van der Waals surface area contributed by atoms with E-state index < -0.39 is 0 Å². The van der Waals surface area contributed by atoms with Gasteiger partial charge in [-0.2, -0.15) is 5.10 Å². The third kappa shape index (κ3) is 2.73. The Labute approximate surface area is 135 Å². The molecule has 0 fully saturated rings. The van der Waals surface area contributed by atoms with Crippen molar-refractivity contribution in [2.75, 3.05) is 21.3 Å². The molecule has 0 N–H and O–H groups in total. The van der Waals surface area contributed by atoms with Crippen molar-refractivity contribution >= 4 is 0 Å². The summed E-state index contributed by atoms with van der Waals surface area (Å²) < 4.78 is 18.0. The Kier molecular flexibility index (Phi) is 4.19. The van der Waals surface area contributed by atoms with Gasteiger partial charge in [0.15, 0.2) is 11.5 Å². The van der Waals surface area contributed by atoms with E-state index in [1.165, 1.54) is 0 Å². The van der Waals surface area contributed by atoms with Gasteiger partial charge < -0.3 is 14.2 Å². The second kappa shape index (κ2) is 6.44. The summed E-state index contributed by atoms with van der Waals surface area (Å²) in [5.41, 5.74) is 2.80. The molecule has 118 valence electrons. The summed E-state index contributed by atoms with van der Waals surface area (Å²) in [7, 11) is 4.90. The number of para-hydroxylation sites is 1. The standard InChI is InChI=1S/C18H18N2O3/c1-21-16-7-5-4-6-14(16)15-10-11-19-20(15)13-8-9-17(22-2)18(12-13)23-3/h4-12H,1-3H3. The fourth-order valence-corrected chi connectivity index (χ4v) is 2.53. The first-order valence-electron chi connectivity index (χ1n) is 7.18. The summed E-state index contributed by atoms with van der Waals surface area (Å²) in [6.07, 6.45) is 1.76. The summed E-state index contributed by atoms with van der Waals surface area (Å²) >= 11 is 0. The number of ether oxygens (including phenoxy) is 3. The van der Waals surface area contributed by atoms with Crippen molar-refractivity contribution < 1.29 is 14.2 Å². The Morgan fingerprint density at radius 3 is 2.26 bits per heavy atom. The number of rotatable bonds is 5. The normalized spacial score (nSPS) is 10.4. The molecule has 0 amide bonds. The maximum atomic E-state index is 5.46. The molecular weight excluding hydrogens is 292 g/mol. The van der Waals surface area contributed by atoms with Gasteiger partial charge in [0.2, 0.25) is 0 Å². The molecule has 0 radical (unpaired) electrons. The average Bonchev–Trinajstić information content (AvgIpc) is 3.10. The molecule has 3 rings (SSSR count). The van der Waals surface area contributed by atoms with E-state index in [-0.39, 0.29) is 0 Å². The fourth-order valence-electron chi connectivity index (χ4n) is 2.53. The van der Waals surface area contributed by atoms with Crippen LogP contribution in [0.3, 0.4) is 0 Å². The third-order valence-corrected chi connectivity index (χ3v) is 3.64. The van der Waals surface area contributed by atoms with Gasteiger partial charge in [-0.3, -0.25) is 0 Å². The number of aromatic nitrogens is 2. The van der Waals surface area contributed by atoms with Gasteiger partial charge in [0.05, 0.1) is 38.9 Å². The largest absolute Gasteiger partial charge is 0.496 e. The van der Waals surface area contributed by atoms with E-state index in [9.17, 15) is 0 Å². The van der Waals surface area contributed by atoms with Crippen molar-refractivity contribution in [2.24, 2.45) is 0 Å². The van der Waals surface area contributed by atoms with Crippen LogP contribution in [0.25, 0.3) is 16.9 Å². The number of benzene rings is 2. The molecule has 0 spiro atoms. The molecule has 0 aliphatic carbocycles. The van der Waals surface area contributed by atoms with E-state index in [1.807, 2.05) is 53.2 Å². The van der Waals surface area contributed by atoms with Crippen LogP contribution in [-0.4, -0.2) is 31.1 Å². The summed E-state index contributed by atoms with van der Waals surface area (Å²) in [4.78, 5) is 0. The molecule has 2 aromatic carbocycles. The topological polar surface area (TPSA) is 45.5 Å². The maximum absolute atomic E-state index is 5.46. The van der Waals surface area contributed by atoms with Crippen molar-refractivity contribution in [3.63, 3.8) is 0 Å². The molecule has 1 heterocycles. The second-order valence-corrected chi connectivity index (χ2v) is 4.87. The first kappa shape index (κ1) is 15.0. The Bertz CT molecular complexity index is 812. The Balaban J connectivity index is 2.11. The second-order valence-electron chi connectivity index (χ2n) is 4.87. The van der Waals surface area contributed by atoms with Gasteiger partial charge in [0.25, 0.3) is 0 Å². The van der Waals surface area contributed by atoms with Crippen LogP contribution in [0.5, 0.6) is 17.2 Å². The first-order chi connectivity index (χ1) is 11.3. The number of hydrogen-bond donors (Lipinski definition) is 0. The van der Waals surface area contributed by atoms with Crippen LogP contribution < -0.4 is 14.2 Å². The van der Waals surface area contributed by atoms with Crippen molar-refractivity contribution in [1.29, 1.82) is 0 Å². The van der Waals surface area contributed by atoms with E-state index in [0.29, 0.717) is 11.5 Å². The Morgan fingerprint density at radius 1 is 0.783 bits per heavy atom. The van der Waals surface area contributed by atoms with E-state index in [1.54, 1.807) is 27.5 Å². The molecule has 5 heteroatoms. The highest BCUT2D eigenvalue weighted by atomic mass is 16.5. The molecule has 0 saturated heterocycles. The molecule has 0 bridgehead atoms. The number of nitrogens with zero attached hydrogens (tertiary/aromatic N) is 2. The number of methoxy groups -OCH3 is 3.